The Balaban J connectivity index is 1.69. The molecule has 0 bridgehead atoms. The smallest absolute Gasteiger partial charge is 0.163 e. The average Bonchev–Trinajstić information content (AvgIpc) is 3.19. The highest BCUT2D eigenvalue weighted by atomic mass is 35.5. The molecule has 1 saturated heterocycles. The van der Waals surface area contributed by atoms with Gasteiger partial charge in [-0.2, -0.15) is 0 Å². The lowest BCUT2D eigenvalue weighted by atomic mass is 10.2. The highest BCUT2D eigenvalue weighted by molar-refractivity contribution is 6.30. The van der Waals surface area contributed by atoms with Gasteiger partial charge in [-0.25, -0.2) is 15.0 Å². The van der Waals surface area contributed by atoms with Gasteiger partial charge in [-0.3, -0.25) is 0 Å². The first kappa shape index (κ1) is 18.7. The van der Waals surface area contributed by atoms with Gasteiger partial charge in [-0.15, -0.1) is 0 Å². The van der Waals surface area contributed by atoms with Crippen LogP contribution in [-0.2, 0) is 0 Å². The molecule has 0 saturated carbocycles. The van der Waals surface area contributed by atoms with Gasteiger partial charge in [-0.1, -0.05) is 41.9 Å². The van der Waals surface area contributed by atoms with Crippen LogP contribution >= 0.6 is 11.6 Å². The summed E-state index contributed by atoms with van der Waals surface area (Å²) in [6.07, 6.45) is 2.79. The molecule has 1 aromatic carbocycles. The Morgan fingerprint density at radius 3 is 2.61 bits per heavy atom. The Labute approximate surface area is 170 Å². The molecular weight excluding hydrogens is 372 g/mol. The molecule has 4 rings (SSSR count). The van der Waals surface area contributed by atoms with Crippen molar-refractivity contribution in [2.24, 2.45) is 0 Å². The summed E-state index contributed by atoms with van der Waals surface area (Å²) in [5.74, 6) is 2.97. The summed E-state index contributed by atoms with van der Waals surface area (Å²) < 4.78 is 0. The first-order valence-electron chi connectivity index (χ1n) is 9.33. The summed E-state index contributed by atoms with van der Waals surface area (Å²) in [7, 11) is 4.25. The molecule has 0 radical (unpaired) electrons. The molecule has 2 aromatic heterocycles. The number of pyridine rings is 1. The van der Waals surface area contributed by atoms with Crippen molar-refractivity contribution in [1.29, 1.82) is 0 Å². The average molecular weight is 395 g/mol. The number of aromatic nitrogens is 3. The van der Waals surface area contributed by atoms with E-state index in [0.717, 1.165) is 30.9 Å². The monoisotopic (exact) mass is 394 g/mol. The summed E-state index contributed by atoms with van der Waals surface area (Å²) in [6.45, 7) is 1.93. The number of nitrogens with zero attached hydrogens (tertiary/aromatic N) is 5. The summed E-state index contributed by atoms with van der Waals surface area (Å²) in [6, 6.07) is 16.1. The number of nitrogens with one attached hydrogen (secondary N) is 1. The van der Waals surface area contributed by atoms with Crippen molar-refractivity contribution in [2.75, 3.05) is 37.4 Å². The maximum atomic E-state index is 6.09. The maximum absolute atomic E-state index is 6.09. The quantitative estimate of drug-likeness (QED) is 0.703. The van der Waals surface area contributed by atoms with Crippen LogP contribution in [0.3, 0.4) is 0 Å². The van der Waals surface area contributed by atoms with E-state index in [-0.39, 0.29) is 0 Å². The molecule has 1 aliphatic rings. The zero-order valence-corrected chi connectivity index (χ0v) is 16.8. The molecule has 7 heteroatoms. The lowest BCUT2D eigenvalue weighted by molar-refractivity contribution is 0.315. The van der Waals surface area contributed by atoms with Gasteiger partial charge in [0, 0.05) is 42.0 Å². The molecule has 1 atom stereocenters. The maximum Gasteiger partial charge on any atom is 0.163 e. The van der Waals surface area contributed by atoms with E-state index in [4.69, 9.17) is 21.6 Å². The minimum Gasteiger partial charge on any atom is -0.355 e. The van der Waals surface area contributed by atoms with Crippen LogP contribution in [0.25, 0.3) is 11.4 Å². The number of halogens is 1. The van der Waals surface area contributed by atoms with Gasteiger partial charge in [0.2, 0.25) is 0 Å². The standard InChI is InChI=1S/C21H23ClN6/c1-27(2)17-9-11-28(14-17)20-13-19(24-18-12-16(22)8-10-23-18)25-21(26-20)15-6-4-3-5-7-15/h3-8,10,12-13,17H,9,11,14H2,1-2H3,(H,23,24,25,26)/t17-/m1/s1. The first-order chi connectivity index (χ1) is 13.6. The van der Waals surface area contributed by atoms with Crippen molar-refractivity contribution in [3.8, 4) is 11.4 Å². The van der Waals surface area contributed by atoms with Crippen molar-refractivity contribution in [3.05, 3.63) is 59.8 Å². The van der Waals surface area contributed by atoms with Crippen LogP contribution in [0.1, 0.15) is 6.42 Å². The van der Waals surface area contributed by atoms with E-state index in [1.54, 1.807) is 18.3 Å². The topological polar surface area (TPSA) is 57.2 Å². The summed E-state index contributed by atoms with van der Waals surface area (Å²) in [5.41, 5.74) is 0.981. The zero-order valence-electron chi connectivity index (χ0n) is 16.0. The van der Waals surface area contributed by atoms with Gasteiger partial charge < -0.3 is 15.1 Å². The van der Waals surface area contributed by atoms with Gasteiger partial charge >= 0.3 is 0 Å². The van der Waals surface area contributed by atoms with E-state index >= 15 is 0 Å². The number of benzene rings is 1. The van der Waals surface area contributed by atoms with Gasteiger partial charge in [0.15, 0.2) is 5.82 Å². The van der Waals surface area contributed by atoms with Crippen molar-refractivity contribution >= 4 is 29.1 Å². The van der Waals surface area contributed by atoms with Gasteiger partial charge in [-0.05, 0) is 32.6 Å². The highest BCUT2D eigenvalue weighted by Gasteiger charge is 2.25. The zero-order chi connectivity index (χ0) is 19.5. The van der Waals surface area contributed by atoms with E-state index in [1.165, 1.54) is 0 Å². The lowest BCUT2D eigenvalue weighted by Crippen LogP contribution is -2.31. The largest absolute Gasteiger partial charge is 0.355 e. The predicted octanol–water partition coefficient (Wildman–Crippen LogP) is 4.08. The molecule has 6 nitrogen and oxygen atoms in total. The fourth-order valence-electron chi connectivity index (χ4n) is 3.35. The Morgan fingerprint density at radius 1 is 1.07 bits per heavy atom. The molecule has 1 N–H and O–H groups in total. The number of hydrogen-bond acceptors (Lipinski definition) is 6. The van der Waals surface area contributed by atoms with Crippen molar-refractivity contribution < 1.29 is 0 Å². The van der Waals surface area contributed by atoms with E-state index < -0.39 is 0 Å². The summed E-state index contributed by atoms with van der Waals surface area (Å²) in [4.78, 5) is 18.5. The van der Waals surface area contributed by atoms with E-state index in [9.17, 15) is 0 Å². The second-order valence-corrected chi connectivity index (χ2v) is 7.57. The Morgan fingerprint density at radius 2 is 1.89 bits per heavy atom. The minimum absolute atomic E-state index is 0.529. The number of rotatable bonds is 5. The molecule has 3 aromatic rings. The second-order valence-electron chi connectivity index (χ2n) is 7.14. The number of anilines is 3. The predicted molar refractivity (Wildman–Crippen MR) is 114 cm³/mol. The Bertz CT molecular complexity index is 947. The van der Waals surface area contributed by atoms with Crippen LogP contribution in [0.4, 0.5) is 17.5 Å². The fraction of sp³-hybridized carbons (Fsp3) is 0.286. The van der Waals surface area contributed by atoms with Gasteiger partial charge in [0.05, 0.1) is 0 Å². The van der Waals surface area contributed by atoms with Crippen LogP contribution in [-0.4, -0.2) is 53.1 Å². The molecule has 0 amide bonds. The molecule has 0 spiro atoms. The molecule has 28 heavy (non-hydrogen) atoms. The molecule has 1 aliphatic heterocycles. The first-order valence-corrected chi connectivity index (χ1v) is 9.71. The molecule has 0 aliphatic carbocycles. The number of likely N-dealkylation sites (N-methyl/N-ethyl adjacent to an activating group) is 1. The van der Waals surface area contributed by atoms with Crippen molar-refractivity contribution in [2.45, 2.75) is 12.5 Å². The minimum atomic E-state index is 0.529. The summed E-state index contributed by atoms with van der Waals surface area (Å²) in [5, 5.41) is 3.90. The molecule has 1 fully saturated rings. The van der Waals surface area contributed by atoms with Crippen LogP contribution in [0, 0.1) is 0 Å². The van der Waals surface area contributed by atoms with E-state index in [2.05, 4.69) is 34.2 Å². The van der Waals surface area contributed by atoms with E-state index in [1.807, 2.05) is 36.4 Å². The third-order valence-corrected chi connectivity index (χ3v) is 5.18. The third-order valence-electron chi connectivity index (χ3n) is 4.94. The molecular formula is C21H23ClN6. The van der Waals surface area contributed by atoms with Gasteiger partial charge in [0.25, 0.3) is 0 Å². The van der Waals surface area contributed by atoms with Crippen LogP contribution in [0.5, 0.6) is 0 Å². The van der Waals surface area contributed by atoms with Crippen LogP contribution in [0.2, 0.25) is 5.02 Å². The lowest BCUT2D eigenvalue weighted by Gasteiger charge is -2.22. The fourth-order valence-corrected chi connectivity index (χ4v) is 3.51. The number of hydrogen-bond donors (Lipinski definition) is 1. The molecule has 0 unspecified atom stereocenters. The Kier molecular flexibility index (Phi) is 5.41. The molecule has 3 heterocycles. The van der Waals surface area contributed by atoms with Crippen LogP contribution < -0.4 is 10.2 Å². The highest BCUT2D eigenvalue weighted by Crippen LogP contribution is 2.27. The Hall–Kier alpha value is -2.70. The van der Waals surface area contributed by atoms with Gasteiger partial charge in [0.1, 0.15) is 17.5 Å². The molecule has 144 valence electrons. The van der Waals surface area contributed by atoms with E-state index in [0.29, 0.717) is 28.5 Å². The van der Waals surface area contributed by atoms with Crippen molar-refractivity contribution in [3.63, 3.8) is 0 Å². The SMILES string of the molecule is CN(C)[C@@H]1CCN(c2cc(Nc3cc(Cl)ccn3)nc(-c3ccccc3)n2)C1. The second kappa shape index (κ2) is 8.12. The van der Waals surface area contributed by atoms with Crippen LogP contribution in [0.15, 0.2) is 54.7 Å². The van der Waals surface area contributed by atoms with Crippen molar-refractivity contribution in [1.82, 2.24) is 19.9 Å². The third kappa shape index (κ3) is 4.24. The summed E-state index contributed by atoms with van der Waals surface area (Å²) >= 11 is 6.09. The normalized spacial score (nSPS) is 16.6.